The number of aromatic nitrogens is 4. The molecule has 0 unspecified atom stereocenters. The van der Waals surface area contributed by atoms with Crippen LogP contribution in [0.25, 0.3) is 5.78 Å². The minimum atomic E-state index is -0.489. The lowest BCUT2D eigenvalue weighted by molar-refractivity contribution is 0.0911. The number of nitrogens with one attached hydrogen (secondary N) is 1. The van der Waals surface area contributed by atoms with Crippen LogP contribution in [0.5, 0.6) is 0 Å². The summed E-state index contributed by atoms with van der Waals surface area (Å²) in [6.45, 7) is 3.83. The van der Waals surface area contributed by atoms with E-state index in [2.05, 4.69) is 20.4 Å². The summed E-state index contributed by atoms with van der Waals surface area (Å²) in [6.07, 6.45) is 1.41. The van der Waals surface area contributed by atoms with Crippen LogP contribution in [0.1, 0.15) is 47.6 Å². The predicted octanol–water partition coefficient (Wildman–Crippen LogP) is 1.71. The third-order valence-electron chi connectivity index (χ3n) is 3.79. The number of nitrogens with zero attached hydrogens (tertiary/aromatic N) is 4. The molecule has 7 nitrogen and oxygen atoms in total. The molecule has 1 aromatic carbocycles. The second kappa shape index (κ2) is 6.76. The van der Waals surface area contributed by atoms with Crippen molar-refractivity contribution >= 4 is 11.7 Å². The molecule has 0 aliphatic rings. The van der Waals surface area contributed by atoms with Crippen LogP contribution < -0.4 is 5.32 Å². The van der Waals surface area contributed by atoms with E-state index < -0.39 is 6.04 Å². The van der Waals surface area contributed by atoms with Crippen molar-refractivity contribution in [2.75, 3.05) is 6.61 Å². The smallest absolute Gasteiger partial charge is 0.270 e. The quantitative estimate of drug-likeness (QED) is 0.745. The zero-order chi connectivity index (χ0) is 17.1. The molecule has 1 atom stereocenters. The lowest BCUT2D eigenvalue weighted by Gasteiger charge is -2.17. The zero-order valence-electron chi connectivity index (χ0n) is 13.5. The summed E-state index contributed by atoms with van der Waals surface area (Å²) in [5.74, 6) is 0.184. The SMILES string of the molecule is CC(C)c1cc(C(=O)N[C@@H](CO)c2ccccc2)nc2ncnn12. The highest BCUT2D eigenvalue weighted by molar-refractivity contribution is 5.93. The molecular weight excluding hydrogens is 306 g/mol. The number of hydrogen-bond acceptors (Lipinski definition) is 5. The second-order valence-corrected chi connectivity index (χ2v) is 5.81. The van der Waals surface area contributed by atoms with E-state index in [1.807, 2.05) is 44.2 Å². The Morgan fingerprint density at radius 2 is 2.04 bits per heavy atom. The first-order valence-corrected chi connectivity index (χ1v) is 7.77. The average molecular weight is 325 g/mol. The molecule has 1 amide bonds. The maximum absolute atomic E-state index is 12.6. The number of aliphatic hydroxyl groups excluding tert-OH is 1. The van der Waals surface area contributed by atoms with Gasteiger partial charge in [0.15, 0.2) is 0 Å². The number of carbonyl (C=O) groups excluding carboxylic acids is 1. The standard InChI is InChI=1S/C17H19N5O2/c1-11(2)15-8-13(21-17-18-10-19-22(15)17)16(24)20-14(9-23)12-6-4-3-5-7-12/h3-8,10-11,14,23H,9H2,1-2H3,(H,20,24)/t14-/m0/s1. The Kier molecular flexibility index (Phi) is 4.52. The fraction of sp³-hybridized carbons (Fsp3) is 0.294. The molecule has 0 aliphatic heterocycles. The van der Waals surface area contributed by atoms with Gasteiger partial charge in [-0.05, 0) is 17.5 Å². The number of carbonyl (C=O) groups is 1. The van der Waals surface area contributed by atoms with Gasteiger partial charge in [-0.2, -0.15) is 10.1 Å². The van der Waals surface area contributed by atoms with Gasteiger partial charge in [-0.3, -0.25) is 4.79 Å². The number of fused-ring (bicyclic) bond motifs is 1. The minimum Gasteiger partial charge on any atom is -0.394 e. The van der Waals surface area contributed by atoms with Crippen molar-refractivity contribution in [2.24, 2.45) is 0 Å². The molecular formula is C17H19N5O2. The van der Waals surface area contributed by atoms with Gasteiger partial charge in [-0.1, -0.05) is 44.2 Å². The fourth-order valence-corrected chi connectivity index (χ4v) is 2.51. The van der Waals surface area contributed by atoms with Crippen LogP contribution in [-0.4, -0.2) is 37.2 Å². The fourth-order valence-electron chi connectivity index (χ4n) is 2.51. The molecule has 0 aliphatic carbocycles. The summed E-state index contributed by atoms with van der Waals surface area (Å²) in [4.78, 5) is 20.9. The molecule has 2 N–H and O–H groups in total. The number of benzene rings is 1. The number of amides is 1. The van der Waals surface area contributed by atoms with Crippen molar-refractivity contribution in [3.8, 4) is 0 Å². The Bertz CT molecular complexity index is 845. The van der Waals surface area contributed by atoms with Crippen molar-refractivity contribution in [3.05, 3.63) is 59.7 Å². The van der Waals surface area contributed by atoms with E-state index in [9.17, 15) is 9.90 Å². The Morgan fingerprint density at radius 3 is 2.71 bits per heavy atom. The van der Waals surface area contributed by atoms with Crippen LogP contribution in [-0.2, 0) is 0 Å². The summed E-state index contributed by atoms with van der Waals surface area (Å²) in [6, 6.07) is 10.5. The average Bonchev–Trinajstić information content (AvgIpc) is 3.07. The van der Waals surface area contributed by atoms with Gasteiger partial charge in [0.2, 0.25) is 0 Å². The van der Waals surface area contributed by atoms with Crippen molar-refractivity contribution in [3.63, 3.8) is 0 Å². The Labute approximate surface area is 139 Å². The van der Waals surface area contributed by atoms with Crippen LogP contribution in [0.2, 0.25) is 0 Å². The highest BCUT2D eigenvalue weighted by Crippen LogP contribution is 2.17. The number of rotatable bonds is 5. The first kappa shape index (κ1) is 16.1. The molecule has 2 aromatic heterocycles. The van der Waals surface area contributed by atoms with E-state index in [1.54, 1.807) is 10.6 Å². The van der Waals surface area contributed by atoms with Crippen molar-refractivity contribution in [1.29, 1.82) is 0 Å². The molecule has 7 heteroatoms. The molecule has 0 fully saturated rings. The van der Waals surface area contributed by atoms with Gasteiger partial charge >= 0.3 is 0 Å². The van der Waals surface area contributed by atoms with Gasteiger partial charge < -0.3 is 10.4 Å². The molecule has 0 saturated heterocycles. The summed E-state index contributed by atoms with van der Waals surface area (Å²) in [5, 5.41) is 16.5. The monoisotopic (exact) mass is 325 g/mol. The number of hydrogen-bond donors (Lipinski definition) is 2. The molecule has 3 rings (SSSR count). The van der Waals surface area contributed by atoms with Crippen LogP contribution in [0.15, 0.2) is 42.7 Å². The maximum atomic E-state index is 12.6. The molecule has 124 valence electrons. The Hall–Kier alpha value is -2.80. The van der Waals surface area contributed by atoms with Crippen LogP contribution in [0.4, 0.5) is 0 Å². The van der Waals surface area contributed by atoms with E-state index >= 15 is 0 Å². The maximum Gasteiger partial charge on any atom is 0.270 e. The highest BCUT2D eigenvalue weighted by Gasteiger charge is 2.19. The van der Waals surface area contributed by atoms with E-state index in [0.717, 1.165) is 11.3 Å². The van der Waals surface area contributed by atoms with Crippen LogP contribution in [0, 0.1) is 0 Å². The van der Waals surface area contributed by atoms with Gasteiger partial charge in [-0.25, -0.2) is 9.50 Å². The minimum absolute atomic E-state index is 0.159. The van der Waals surface area contributed by atoms with Crippen molar-refractivity contribution in [2.45, 2.75) is 25.8 Å². The van der Waals surface area contributed by atoms with Crippen LogP contribution >= 0.6 is 0 Å². The first-order chi connectivity index (χ1) is 11.6. The lowest BCUT2D eigenvalue weighted by atomic mass is 10.1. The van der Waals surface area contributed by atoms with E-state index in [0.29, 0.717) is 5.78 Å². The van der Waals surface area contributed by atoms with E-state index in [-0.39, 0.29) is 24.1 Å². The van der Waals surface area contributed by atoms with Gasteiger partial charge in [0.05, 0.1) is 18.3 Å². The molecule has 2 heterocycles. The summed E-state index contributed by atoms with van der Waals surface area (Å²) >= 11 is 0. The second-order valence-electron chi connectivity index (χ2n) is 5.81. The first-order valence-electron chi connectivity index (χ1n) is 7.77. The topological polar surface area (TPSA) is 92.4 Å². The zero-order valence-corrected chi connectivity index (χ0v) is 13.5. The van der Waals surface area contributed by atoms with Gasteiger partial charge in [-0.15, -0.1) is 0 Å². The summed E-state index contributed by atoms with van der Waals surface area (Å²) in [5.41, 5.74) is 1.94. The third-order valence-corrected chi connectivity index (χ3v) is 3.79. The van der Waals surface area contributed by atoms with Gasteiger partial charge in [0.1, 0.15) is 12.0 Å². The Morgan fingerprint density at radius 1 is 1.29 bits per heavy atom. The summed E-state index contributed by atoms with van der Waals surface area (Å²) < 4.78 is 1.63. The largest absolute Gasteiger partial charge is 0.394 e. The molecule has 0 spiro atoms. The van der Waals surface area contributed by atoms with E-state index in [1.165, 1.54) is 6.33 Å². The molecule has 0 bridgehead atoms. The van der Waals surface area contributed by atoms with Crippen LogP contribution in [0.3, 0.4) is 0 Å². The number of aliphatic hydroxyl groups is 1. The Balaban J connectivity index is 1.91. The molecule has 0 saturated carbocycles. The van der Waals surface area contributed by atoms with Crippen molar-refractivity contribution < 1.29 is 9.90 Å². The van der Waals surface area contributed by atoms with Crippen molar-refractivity contribution in [1.82, 2.24) is 24.9 Å². The lowest BCUT2D eigenvalue weighted by Crippen LogP contribution is -2.31. The molecule has 24 heavy (non-hydrogen) atoms. The third kappa shape index (κ3) is 3.11. The predicted molar refractivity (Wildman–Crippen MR) is 88.6 cm³/mol. The normalized spacial score (nSPS) is 12.5. The molecule has 3 aromatic rings. The van der Waals surface area contributed by atoms with Gasteiger partial charge in [0.25, 0.3) is 11.7 Å². The van der Waals surface area contributed by atoms with Gasteiger partial charge in [0, 0.05) is 0 Å². The molecule has 0 radical (unpaired) electrons. The van der Waals surface area contributed by atoms with E-state index in [4.69, 9.17) is 0 Å². The highest BCUT2D eigenvalue weighted by atomic mass is 16.3. The summed E-state index contributed by atoms with van der Waals surface area (Å²) in [7, 11) is 0.